The van der Waals surface area contributed by atoms with Crippen LogP contribution in [0.1, 0.15) is 12.8 Å². The molecule has 15 heavy (non-hydrogen) atoms. The Morgan fingerprint density at radius 3 is 2.53 bits per heavy atom. The van der Waals surface area contributed by atoms with Crippen LogP contribution in [0.3, 0.4) is 0 Å². The number of rotatable bonds is 7. The molecule has 0 aromatic carbocycles. The number of nitrogens with one attached hydrogen (secondary N) is 1. The topological polar surface area (TPSA) is 151 Å². The molecular formula is C6H15N4O4P. The number of carbonyl (C=O) groups is 1. The van der Waals surface area contributed by atoms with E-state index < -0.39 is 13.8 Å². The van der Waals surface area contributed by atoms with Crippen LogP contribution in [0.25, 0.3) is 0 Å². The molecule has 0 saturated carbocycles. The second-order valence-corrected chi connectivity index (χ2v) is 4.21. The second kappa shape index (κ2) is 6.52. The number of hydrogen-bond acceptors (Lipinski definition) is 3. The molecule has 0 spiro atoms. The Morgan fingerprint density at radius 1 is 1.53 bits per heavy atom. The van der Waals surface area contributed by atoms with Crippen LogP contribution in [-0.2, 0) is 9.36 Å². The van der Waals surface area contributed by atoms with E-state index >= 15 is 0 Å². The highest BCUT2D eigenvalue weighted by atomic mass is 31.2. The fourth-order valence-corrected chi connectivity index (χ4v) is 1.52. The van der Waals surface area contributed by atoms with E-state index in [-0.39, 0.29) is 12.4 Å². The Balaban J connectivity index is 3.87. The fourth-order valence-electron chi connectivity index (χ4n) is 0.898. The van der Waals surface area contributed by atoms with Gasteiger partial charge in [-0.15, -0.1) is 0 Å². The molecule has 0 aliphatic heterocycles. The number of nitrogens with two attached hydrogens (primary N) is 2. The molecule has 1 atom stereocenters. The molecule has 8 nitrogen and oxygen atoms in total. The summed E-state index contributed by atoms with van der Waals surface area (Å²) in [4.78, 5) is 31.2. The van der Waals surface area contributed by atoms with Crippen molar-refractivity contribution in [2.45, 2.75) is 18.9 Å². The van der Waals surface area contributed by atoms with Gasteiger partial charge in [0, 0.05) is 6.54 Å². The van der Waals surface area contributed by atoms with Crippen molar-refractivity contribution in [3.8, 4) is 0 Å². The van der Waals surface area contributed by atoms with Crippen molar-refractivity contribution in [3.63, 3.8) is 0 Å². The normalized spacial score (nSPS) is 13.2. The lowest BCUT2D eigenvalue weighted by Gasteiger charge is -2.12. The maximum absolute atomic E-state index is 10.5. The van der Waals surface area contributed by atoms with Crippen molar-refractivity contribution in [3.05, 3.63) is 0 Å². The molecule has 0 heterocycles. The smallest absolute Gasteiger partial charge is 0.370 e. The predicted molar refractivity (Wildman–Crippen MR) is 54.9 cm³/mol. The van der Waals surface area contributed by atoms with Crippen LogP contribution >= 0.6 is 7.75 Å². The highest BCUT2D eigenvalue weighted by Gasteiger charge is 2.18. The predicted octanol–water partition coefficient (Wildman–Crippen LogP) is -1.71. The van der Waals surface area contributed by atoms with Crippen molar-refractivity contribution >= 4 is 20.0 Å². The van der Waals surface area contributed by atoms with Gasteiger partial charge in [0.1, 0.15) is 6.29 Å². The van der Waals surface area contributed by atoms with E-state index in [0.29, 0.717) is 19.3 Å². The first kappa shape index (κ1) is 14.1. The van der Waals surface area contributed by atoms with E-state index in [2.05, 4.69) is 4.99 Å². The van der Waals surface area contributed by atoms with Crippen molar-refractivity contribution in [1.82, 2.24) is 5.09 Å². The minimum atomic E-state index is -4.37. The highest BCUT2D eigenvalue weighted by Crippen LogP contribution is 2.29. The summed E-state index contributed by atoms with van der Waals surface area (Å²) >= 11 is 0. The maximum Gasteiger partial charge on any atom is 0.400 e. The molecule has 0 aliphatic carbocycles. The van der Waals surface area contributed by atoms with E-state index in [4.69, 9.17) is 21.3 Å². The molecule has 1 unspecified atom stereocenters. The van der Waals surface area contributed by atoms with Crippen LogP contribution in [0.4, 0.5) is 0 Å². The molecule has 9 heteroatoms. The standard InChI is InChI=1S/C6H15N4O4P/c7-6(8)9-3-1-2-5(4-11)10-15(12,13)14/h4-5H,1-3H2,(H4,7,8,9)(H3,10,12,13,14). The average molecular weight is 238 g/mol. The van der Waals surface area contributed by atoms with Crippen LogP contribution < -0.4 is 16.6 Å². The molecular weight excluding hydrogens is 223 g/mol. The Labute approximate surface area is 87.0 Å². The lowest BCUT2D eigenvalue weighted by Crippen LogP contribution is -2.28. The summed E-state index contributed by atoms with van der Waals surface area (Å²) in [5, 5.41) is 1.88. The molecule has 0 aromatic rings. The molecule has 0 bridgehead atoms. The van der Waals surface area contributed by atoms with Gasteiger partial charge in [0.25, 0.3) is 0 Å². The SMILES string of the molecule is NC(N)=NCCCC(C=O)NP(=O)(O)O. The van der Waals surface area contributed by atoms with Gasteiger partial charge in [0.2, 0.25) is 0 Å². The highest BCUT2D eigenvalue weighted by molar-refractivity contribution is 7.49. The average Bonchev–Trinajstić information content (AvgIpc) is 2.08. The van der Waals surface area contributed by atoms with Gasteiger partial charge in [0.05, 0.1) is 6.04 Å². The Hall–Kier alpha value is -0.950. The van der Waals surface area contributed by atoms with Crippen LogP contribution in [0.5, 0.6) is 0 Å². The van der Waals surface area contributed by atoms with Gasteiger partial charge < -0.3 is 26.0 Å². The first-order valence-electron chi connectivity index (χ1n) is 4.19. The van der Waals surface area contributed by atoms with Crippen LogP contribution in [0.2, 0.25) is 0 Å². The van der Waals surface area contributed by atoms with E-state index in [1.54, 1.807) is 0 Å². The van der Waals surface area contributed by atoms with E-state index in [0.717, 1.165) is 0 Å². The van der Waals surface area contributed by atoms with Gasteiger partial charge in [-0.25, -0.2) is 9.65 Å². The molecule has 0 amide bonds. The molecule has 0 radical (unpaired) electrons. The third-order valence-electron chi connectivity index (χ3n) is 1.47. The molecule has 0 aliphatic rings. The Morgan fingerprint density at radius 2 is 2.13 bits per heavy atom. The molecule has 88 valence electrons. The zero-order valence-corrected chi connectivity index (χ0v) is 8.93. The molecule has 0 aromatic heterocycles. The van der Waals surface area contributed by atoms with E-state index in [1.807, 2.05) is 5.09 Å². The summed E-state index contributed by atoms with van der Waals surface area (Å²) < 4.78 is 10.5. The number of carbonyl (C=O) groups excluding carboxylic acids is 1. The summed E-state index contributed by atoms with van der Waals surface area (Å²) in [7, 11) is -4.37. The van der Waals surface area contributed by atoms with Gasteiger partial charge >= 0.3 is 7.75 Å². The maximum atomic E-state index is 10.5. The van der Waals surface area contributed by atoms with Crippen molar-refractivity contribution in [2.24, 2.45) is 16.5 Å². The summed E-state index contributed by atoms with van der Waals surface area (Å²) in [5.74, 6) is -0.0550. The van der Waals surface area contributed by atoms with Crippen LogP contribution in [-0.4, -0.2) is 34.6 Å². The molecule has 0 rings (SSSR count). The Kier molecular flexibility index (Phi) is 6.11. The van der Waals surface area contributed by atoms with Gasteiger partial charge in [-0.05, 0) is 12.8 Å². The fraction of sp³-hybridized carbons (Fsp3) is 0.667. The molecule has 7 N–H and O–H groups in total. The van der Waals surface area contributed by atoms with E-state index in [9.17, 15) is 9.36 Å². The van der Waals surface area contributed by atoms with Gasteiger partial charge in [0.15, 0.2) is 5.96 Å². The minimum Gasteiger partial charge on any atom is -0.370 e. The summed E-state index contributed by atoms with van der Waals surface area (Å²) in [6.45, 7) is 0.315. The lowest BCUT2D eigenvalue weighted by molar-refractivity contribution is -0.109. The lowest BCUT2D eigenvalue weighted by atomic mass is 10.2. The number of nitrogens with zero attached hydrogens (tertiary/aromatic N) is 1. The second-order valence-electron chi connectivity index (χ2n) is 2.86. The first-order valence-corrected chi connectivity index (χ1v) is 5.80. The van der Waals surface area contributed by atoms with E-state index in [1.165, 1.54) is 0 Å². The Bertz CT molecular complexity index is 272. The van der Waals surface area contributed by atoms with Crippen molar-refractivity contribution < 1.29 is 19.1 Å². The van der Waals surface area contributed by atoms with Gasteiger partial charge in [-0.3, -0.25) is 4.99 Å². The number of hydrogen-bond donors (Lipinski definition) is 5. The van der Waals surface area contributed by atoms with Gasteiger partial charge in [-0.2, -0.15) is 0 Å². The minimum absolute atomic E-state index is 0.0550. The summed E-state index contributed by atoms with van der Waals surface area (Å²) in [6, 6.07) is -0.889. The number of aliphatic imine (C=N–C) groups is 1. The van der Waals surface area contributed by atoms with Crippen LogP contribution in [0, 0.1) is 0 Å². The molecule has 0 fully saturated rings. The third kappa shape index (κ3) is 9.36. The van der Waals surface area contributed by atoms with Gasteiger partial charge in [-0.1, -0.05) is 0 Å². The summed E-state index contributed by atoms with van der Waals surface area (Å²) in [6.07, 6.45) is 1.15. The monoisotopic (exact) mass is 238 g/mol. The first-order chi connectivity index (χ1) is 6.85. The third-order valence-corrected chi connectivity index (χ3v) is 2.13. The largest absolute Gasteiger partial charge is 0.400 e. The number of aldehydes is 1. The zero-order chi connectivity index (χ0) is 11.9. The van der Waals surface area contributed by atoms with Crippen LogP contribution in [0.15, 0.2) is 4.99 Å². The quantitative estimate of drug-likeness (QED) is 0.116. The van der Waals surface area contributed by atoms with Crippen molar-refractivity contribution in [2.75, 3.05) is 6.54 Å². The summed E-state index contributed by atoms with van der Waals surface area (Å²) in [5.41, 5.74) is 10.1. The number of guanidine groups is 1. The zero-order valence-electron chi connectivity index (χ0n) is 8.04. The molecule has 0 saturated heterocycles. The van der Waals surface area contributed by atoms with Crippen molar-refractivity contribution in [1.29, 1.82) is 0 Å².